The van der Waals surface area contributed by atoms with E-state index >= 15 is 0 Å². The van der Waals surface area contributed by atoms with Crippen LogP contribution in [0.5, 0.6) is 0 Å². The number of rotatable bonds is 4. The number of benzene rings is 1. The van der Waals surface area contributed by atoms with Gasteiger partial charge in [-0.05, 0) is 38.7 Å². The Kier molecular flexibility index (Phi) is 4.63. The predicted octanol–water partition coefficient (Wildman–Crippen LogP) is 2.46. The predicted molar refractivity (Wildman–Crippen MR) is 86.6 cm³/mol. The number of ether oxygens (including phenoxy) is 1. The lowest BCUT2D eigenvalue weighted by Gasteiger charge is -2.45. The molecule has 2 saturated heterocycles. The molecule has 2 aliphatic rings. The van der Waals surface area contributed by atoms with E-state index in [1.807, 2.05) is 0 Å². The summed E-state index contributed by atoms with van der Waals surface area (Å²) in [4.78, 5) is 2.65. The molecule has 116 valence electrons. The van der Waals surface area contributed by atoms with Gasteiger partial charge in [0, 0.05) is 37.8 Å². The van der Waals surface area contributed by atoms with Crippen molar-refractivity contribution in [2.75, 3.05) is 26.2 Å². The fourth-order valence-corrected chi connectivity index (χ4v) is 3.57. The van der Waals surface area contributed by atoms with Crippen molar-refractivity contribution in [1.29, 1.82) is 0 Å². The fraction of sp³-hybridized carbons (Fsp3) is 0.667. The third-order valence-corrected chi connectivity index (χ3v) is 4.71. The molecule has 1 aromatic rings. The van der Waals surface area contributed by atoms with Crippen LogP contribution in [0.1, 0.15) is 32.3 Å². The van der Waals surface area contributed by atoms with Crippen LogP contribution in [0.4, 0.5) is 0 Å². The van der Waals surface area contributed by atoms with E-state index in [4.69, 9.17) is 4.74 Å². The average Bonchev–Trinajstić information content (AvgIpc) is 2.96. The van der Waals surface area contributed by atoms with Crippen LogP contribution < -0.4 is 5.32 Å². The average molecular weight is 288 g/mol. The first-order chi connectivity index (χ1) is 10.1. The lowest BCUT2D eigenvalue weighted by Crippen LogP contribution is -2.63. The van der Waals surface area contributed by atoms with Crippen LogP contribution in [0, 0.1) is 0 Å². The Bertz CT molecular complexity index is 440. The van der Waals surface area contributed by atoms with Gasteiger partial charge >= 0.3 is 0 Å². The summed E-state index contributed by atoms with van der Waals surface area (Å²) in [5, 5.41) is 3.70. The number of hydrogen-bond acceptors (Lipinski definition) is 3. The summed E-state index contributed by atoms with van der Waals surface area (Å²) in [5.74, 6) is 0. The van der Waals surface area contributed by atoms with Crippen LogP contribution in [0.15, 0.2) is 30.3 Å². The zero-order valence-electron chi connectivity index (χ0n) is 13.3. The van der Waals surface area contributed by atoms with E-state index in [1.165, 1.54) is 18.4 Å². The second-order valence-corrected chi connectivity index (χ2v) is 7.17. The molecular formula is C18H28N2O. The highest BCUT2D eigenvalue weighted by atomic mass is 16.5. The van der Waals surface area contributed by atoms with Gasteiger partial charge in [0.2, 0.25) is 0 Å². The van der Waals surface area contributed by atoms with Gasteiger partial charge in [0.1, 0.15) is 0 Å². The van der Waals surface area contributed by atoms with Gasteiger partial charge in [-0.25, -0.2) is 0 Å². The summed E-state index contributed by atoms with van der Waals surface area (Å²) in [6.07, 6.45) is 4.01. The van der Waals surface area contributed by atoms with Crippen molar-refractivity contribution >= 4 is 0 Å². The molecule has 3 heteroatoms. The van der Waals surface area contributed by atoms with E-state index in [2.05, 4.69) is 54.4 Å². The highest BCUT2D eigenvalue weighted by molar-refractivity contribution is 5.16. The molecule has 2 aliphatic heterocycles. The maximum Gasteiger partial charge on any atom is 0.0702 e. The molecule has 2 atom stereocenters. The summed E-state index contributed by atoms with van der Waals surface area (Å²) in [6.45, 7) is 8.80. The van der Waals surface area contributed by atoms with Crippen molar-refractivity contribution in [3.8, 4) is 0 Å². The normalized spacial score (nSPS) is 29.6. The van der Waals surface area contributed by atoms with E-state index < -0.39 is 0 Å². The smallest absolute Gasteiger partial charge is 0.0702 e. The van der Waals surface area contributed by atoms with Crippen LogP contribution in [0.3, 0.4) is 0 Å². The molecule has 3 rings (SSSR count). The molecule has 0 amide bonds. The van der Waals surface area contributed by atoms with E-state index in [0.717, 1.165) is 32.7 Å². The largest absolute Gasteiger partial charge is 0.377 e. The summed E-state index contributed by atoms with van der Waals surface area (Å²) >= 11 is 0. The molecule has 3 nitrogen and oxygen atoms in total. The minimum absolute atomic E-state index is 0.200. The van der Waals surface area contributed by atoms with Gasteiger partial charge in [-0.1, -0.05) is 30.3 Å². The third kappa shape index (κ3) is 4.06. The molecule has 0 aromatic heterocycles. The van der Waals surface area contributed by atoms with Gasteiger partial charge in [0.25, 0.3) is 0 Å². The first-order valence-corrected chi connectivity index (χ1v) is 8.27. The molecule has 0 saturated carbocycles. The zero-order chi connectivity index (χ0) is 14.7. The molecule has 2 unspecified atom stereocenters. The monoisotopic (exact) mass is 288 g/mol. The Balaban J connectivity index is 1.67. The fourth-order valence-electron chi connectivity index (χ4n) is 3.57. The highest BCUT2D eigenvalue weighted by Crippen LogP contribution is 2.22. The van der Waals surface area contributed by atoms with Gasteiger partial charge in [0.05, 0.1) is 6.10 Å². The molecule has 0 radical (unpaired) electrons. The van der Waals surface area contributed by atoms with Crippen LogP contribution >= 0.6 is 0 Å². The Morgan fingerprint density at radius 1 is 1.29 bits per heavy atom. The van der Waals surface area contributed by atoms with Crippen molar-refractivity contribution in [1.82, 2.24) is 10.2 Å². The minimum Gasteiger partial charge on any atom is -0.377 e. The molecule has 1 N–H and O–H groups in total. The Morgan fingerprint density at radius 2 is 2.10 bits per heavy atom. The Morgan fingerprint density at radius 3 is 2.81 bits per heavy atom. The molecule has 1 aromatic carbocycles. The van der Waals surface area contributed by atoms with Crippen molar-refractivity contribution in [2.45, 2.75) is 50.8 Å². The van der Waals surface area contributed by atoms with Gasteiger partial charge in [-0.3, -0.25) is 4.90 Å². The van der Waals surface area contributed by atoms with Crippen LogP contribution in [-0.2, 0) is 11.2 Å². The number of nitrogens with zero attached hydrogens (tertiary/aromatic N) is 1. The van der Waals surface area contributed by atoms with E-state index in [0.29, 0.717) is 12.1 Å². The lowest BCUT2D eigenvalue weighted by atomic mass is 9.94. The number of piperazine rings is 1. The molecule has 2 fully saturated rings. The molecule has 0 spiro atoms. The van der Waals surface area contributed by atoms with E-state index in [1.54, 1.807) is 0 Å². The van der Waals surface area contributed by atoms with Crippen molar-refractivity contribution in [3.63, 3.8) is 0 Å². The van der Waals surface area contributed by atoms with Crippen molar-refractivity contribution in [2.24, 2.45) is 0 Å². The van der Waals surface area contributed by atoms with Gasteiger partial charge in [-0.2, -0.15) is 0 Å². The second-order valence-electron chi connectivity index (χ2n) is 7.17. The minimum atomic E-state index is 0.200. The quantitative estimate of drug-likeness (QED) is 0.921. The zero-order valence-corrected chi connectivity index (χ0v) is 13.3. The molecule has 21 heavy (non-hydrogen) atoms. The first kappa shape index (κ1) is 15.0. The topological polar surface area (TPSA) is 24.5 Å². The van der Waals surface area contributed by atoms with Crippen LogP contribution in [-0.4, -0.2) is 48.8 Å². The summed E-state index contributed by atoms with van der Waals surface area (Å²) in [6, 6.07) is 11.4. The van der Waals surface area contributed by atoms with Crippen molar-refractivity contribution in [3.05, 3.63) is 35.9 Å². The molecule has 2 heterocycles. The van der Waals surface area contributed by atoms with Gasteiger partial charge in [-0.15, -0.1) is 0 Å². The summed E-state index contributed by atoms with van der Waals surface area (Å²) in [5.41, 5.74) is 1.63. The molecule has 0 aliphatic carbocycles. The third-order valence-electron chi connectivity index (χ3n) is 4.71. The van der Waals surface area contributed by atoms with E-state index in [-0.39, 0.29) is 5.54 Å². The Hall–Kier alpha value is -0.900. The number of nitrogens with one attached hydrogen (secondary N) is 1. The Labute approximate surface area is 128 Å². The van der Waals surface area contributed by atoms with Crippen LogP contribution in [0.2, 0.25) is 0 Å². The van der Waals surface area contributed by atoms with E-state index in [9.17, 15) is 0 Å². The van der Waals surface area contributed by atoms with Gasteiger partial charge < -0.3 is 10.1 Å². The second kappa shape index (κ2) is 6.47. The van der Waals surface area contributed by atoms with Crippen LogP contribution in [0.25, 0.3) is 0 Å². The van der Waals surface area contributed by atoms with Gasteiger partial charge in [0.15, 0.2) is 0 Å². The first-order valence-electron chi connectivity index (χ1n) is 8.27. The summed E-state index contributed by atoms with van der Waals surface area (Å²) in [7, 11) is 0. The molecule has 0 bridgehead atoms. The number of hydrogen-bond donors (Lipinski definition) is 1. The highest BCUT2D eigenvalue weighted by Gasteiger charge is 2.34. The van der Waals surface area contributed by atoms with Crippen molar-refractivity contribution < 1.29 is 4.74 Å². The maximum absolute atomic E-state index is 5.86. The SMILES string of the molecule is CC1(C)CN(CC2CCCO2)C(Cc2ccccc2)CN1. The lowest BCUT2D eigenvalue weighted by molar-refractivity contribution is 0.0265. The standard InChI is InChI=1S/C18H28N2O/c1-18(2)14-20(13-17-9-6-10-21-17)16(12-19-18)11-15-7-4-3-5-8-15/h3-5,7-8,16-17,19H,6,9-14H2,1-2H3. The maximum atomic E-state index is 5.86. The summed E-state index contributed by atoms with van der Waals surface area (Å²) < 4.78 is 5.86. The molecular weight excluding hydrogens is 260 g/mol.